The molecule has 6 nitrogen and oxygen atoms in total. The molecule has 168 valence electrons. The number of aryl methyl sites for hydroxylation is 3. The van der Waals surface area contributed by atoms with Crippen molar-refractivity contribution >= 4 is 23.5 Å². The molecule has 0 radical (unpaired) electrons. The van der Waals surface area contributed by atoms with Gasteiger partial charge in [0.05, 0.1) is 18.6 Å². The molecule has 0 fully saturated rings. The maximum atomic E-state index is 12.9. The first-order valence-corrected chi connectivity index (χ1v) is 11.6. The summed E-state index contributed by atoms with van der Waals surface area (Å²) in [7, 11) is 0. The summed E-state index contributed by atoms with van der Waals surface area (Å²) in [5.74, 6) is 0.851. The largest absolute Gasteiger partial charge is 0.467 e. The van der Waals surface area contributed by atoms with Crippen LogP contribution in [0.4, 0.5) is 0 Å². The zero-order chi connectivity index (χ0) is 23.4. The molecule has 4 rings (SSSR count). The number of nitrogens with one attached hydrogen (secondary N) is 1. The number of nitrogens with zero attached hydrogens (tertiary/aromatic N) is 2. The molecule has 0 unspecified atom stereocenters. The van der Waals surface area contributed by atoms with Crippen LogP contribution in [0.5, 0.6) is 0 Å². The molecule has 0 spiro atoms. The number of amides is 1. The number of hydrogen-bond donors (Lipinski definition) is 1. The summed E-state index contributed by atoms with van der Waals surface area (Å²) in [5, 5.41) is 3.55. The summed E-state index contributed by atoms with van der Waals surface area (Å²) in [6, 6.07) is 14.9. The fraction of sp³-hybridized carbons (Fsp3) is 0.192. The Morgan fingerprint density at radius 2 is 1.85 bits per heavy atom. The lowest BCUT2D eigenvalue weighted by Gasteiger charge is -2.11. The van der Waals surface area contributed by atoms with Crippen LogP contribution in [0, 0.1) is 20.8 Å². The van der Waals surface area contributed by atoms with Crippen molar-refractivity contribution in [3.8, 4) is 5.69 Å². The molecule has 0 aliphatic heterocycles. The van der Waals surface area contributed by atoms with Gasteiger partial charge in [0.1, 0.15) is 5.76 Å². The number of carbonyl (C=O) groups excluding carboxylic acids is 2. The molecule has 2 aromatic carbocycles. The highest BCUT2D eigenvalue weighted by atomic mass is 32.2. The van der Waals surface area contributed by atoms with Crippen LogP contribution in [0.15, 0.2) is 76.8 Å². The van der Waals surface area contributed by atoms with E-state index < -0.39 is 0 Å². The van der Waals surface area contributed by atoms with E-state index in [2.05, 4.69) is 16.4 Å². The average Bonchev–Trinajstić information content (AvgIpc) is 3.50. The molecule has 4 aromatic rings. The molecule has 1 N–H and O–H groups in total. The second-order valence-electron chi connectivity index (χ2n) is 7.86. The smallest absolute Gasteiger partial charge is 0.251 e. The average molecular weight is 460 g/mol. The second-order valence-corrected chi connectivity index (χ2v) is 8.80. The Kier molecular flexibility index (Phi) is 6.79. The van der Waals surface area contributed by atoms with Crippen molar-refractivity contribution in [2.24, 2.45) is 0 Å². The normalized spacial score (nSPS) is 10.9. The predicted octanol–water partition coefficient (Wildman–Crippen LogP) is 5.30. The van der Waals surface area contributed by atoms with Crippen LogP contribution in [-0.2, 0) is 6.54 Å². The van der Waals surface area contributed by atoms with Gasteiger partial charge in [0.25, 0.3) is 5.91 Å². The molecule has 0 aliphatic rings. The van der Waals surface area contributed by atoms with Crippen LogP contribution >= 0.6 is 11.8 Å². The van der Waals surface area contributed by atoms with Gasteiger partial charge < -0.3 is 9.73 Å². The van der Waals surface area contributed by atoms with Crippen molar-refractivity contribution < 1.29 is 14.0 Å². The Bertz CT molecular complexity index is 1290. The Labute approximate surface area is 197 Å². The number of imidazole rings is 1. The lowest BCUT2D eigenvalue weighted by atomic mass is 9.99. The van der Waals surface area contributed by atoms with E-state index in [-0.39, 0.29) is 17.4 Å². The minimum Gasteiger partial charge on any atom is -0.467 e. The van der Waals surface area contributed by atoms with E-state index in [4.69, 9.17) is 4.42 Å². The van der Waals surface area contributed by atoms with Crippen LogP contribution < -0.4 is 5.32 Å². The third-order valence-corrected chi connectivity index (χ3v) is 6.44. The SMILES string of the molecule is Cc1cc(C)c(C(=O)CSc2nccn2-c2cccc(C(=O)NCc3ccco3)c2)cc1C. The number of benzene rings is 2. The molecule has 2 heterocycles. The zero-order valence-corrected chi connectivity index (χ0v) is 19.6. The molecule has 0 aliphatic carbocycles. The van der Waals surface area contributed by atoms with Crippen LogP contribution in [-0.4, -0.2) is 27.0 Å². The highest BCUT2D eigenvalue weighted by Crippen LogP contribution is 2.24. The Morgan fingerprint density at radius 3 is 2.64 bits per heavy atom. The summed E-state index contributed by atoms with van der Waals surface area (Å²) in [6.07, 6.45) is 5.10. The topological polar surface area (TPSA) is 77.1 Å². The highest BCUT2D eigenvalue weighted by molar-refractivity contribution is 7.99. The van der Waals surface area contributed by atoms with Gasteiger partial charge in [-0.2, -0.15) is 0 Å². The number of rotatable bonds is 8. The number of carbonyl (C=O) groups is 2. The van der Waals surface area contributed by atoms with Gasteiger partial charge in [0, 0.05) is 29.2 Å². The fourth-order valence-electron chi connectivity index (χ4n) is 3.54. The maximum absolute atomic E-state index is 12.9. The summed E-state index contributed by atoms with van der Waals surface area (Å²) < 4.78 is 7.14. The van der Waals surface area contributed by atoms with Crippen molar-refractivity contribution in [1.29, 1.82) is 0 Å². The molecule has 2 aromatic heterocycles. The summed E-state index contributed by atoms with van der Waals surface area (Å²) in [4.78, 5) is 29.9. The number of ketones is 1. The molecule has 0 saturated carbocycles. The zero-order valence-electron chi connectivity index (χ0n) is 18.8. The van der Waals surface area contributed by atoms with Crippen LogP contribution in [0.1, 0.15) is 43.2 Å². The van der Waals surface area contributed by atoms with Gasteiger partial charge in [-0.15, -0.1) is 0 Å². The fourth-order valence-corrected chi connectivity index (χ4v) is 4.40. The minimum absolute atomic E-state index is 0.0706. The van der Waals surface area contributed by atoms with E-state index in [1.807, 2.05) is 55.8 Å². The summed E-state index contributed by atoms with van der Waals surface area (Å²) >= 11 is 1.38. The van der Waals surface area contributed by atoms with Gasteiger partial charge in [0.15, 0.2) is 10.9 Å². The number of furan rings is 1. The standard InChI is InChI=1S/C26H25N3O3S/c1-17-12-19(3)23(13-18(17)2)24(30)16-33-26-27-9-10-29(26)21-7-4-6-20(14-21)25(31)28-15-22-8-5-11-32-22/h4-14H,15-16H2,1-3H3,(H,28,31). The molecular formula is C26H25N3O3S. The first-order valence-electron chi connectivity index (χ1n) is 10.6. The van der Waals surface area contributed by atoms with E-state index >= 15 is 0 Å². The third-order valence-electron chi connectivity index (χ3n) is 5.47. The minimum atomic E-state index is -0.192. The Hall–Kier alpha value is -3.58. The van der Waals surface area contributed by atoms with Gasteiger partial charge in [-0.1, -0.05) is 23.9 Å². The van der Waals surface area contributed by atoms with E-state index in [9.17, 15) is 9.59 Å². The van der Waals surface area contributed by atoms with E-state index in [1.54, 1.807) is 30.7 Å². The van der Waals surface area contributed by atoms with Crippen LogP contribution in [0.25, 0.3) is 5.69 Å². The molecule has 1 amide bonds. The molecular weight excluding hydrogens is 434 g/mol. The van der Waals surface area contributed by atoms with Gasteiger partial charge in [-0.3, -0.25) is 14.2 Å². The number of Topliss-reactive ketones (excluding diaryl/α,β-unsaturated/α-hetero) is 1. The maximum Gasteiger partial charge on any atom is 0.251 e. The number of thioether (sulfide) groups is 1. The van der Waals surface area contributed by atoms with E-state index in [1.165, 1.54) is 17.3 Å². The quantitative estimate of drug-likeness (QED) is 0.286. The second kappa shape index (κ2) is 9.92. The molecule has 0 saturated heterocycles. The van der Waals surface area contributed by atoms with Gasteiger partial charge in [-0.05, 0) is 73.9 Å². The van der Waals surface area contributed by atoms with E-state index in [0.29, 0.717) is 23.0 Å². The lowest BCUT2D eigenvalue weighted by molar-refractivity contribution is 0.0947. The molecule has 7 heteroatoms. The van der Waals surface area contributed by atoms with Gasteiger partial charge >= 0.3 is 0 Å². The predicted molar refractivity (Wildman–Crippen MR) is 129 cm³/mol. The number of aromatic nitrogens is 2. The summed E-state index contributed by atoms with van der Waals surface area (Å²) in [5.41, 5.74) is 5.36. The Balaban J connectivity index is 1.46. The van der Waals surface area contributed by atoms with Crippen molar-refractivity contribution in [1.82, 2.24) is 14.9 Å². The number of hydrogen-bond acceptors (Lipinski definition) is 5. The van der Waals surface area contributed by atoms with Crippen molar-refractivity contribution in [2.75, 3.05) is 5.75 Å². The van der Waals surface area contributed by atoms with Crippen LogP contribution in [0.3, 0.4) is 0 Å². The van der Waals surface area contributed by atoms with Crippen molar-refractivity contribution in [2.45, 2.75) is 32.5 Å². The van der Waals surface area contributed by atoms with Crippen LogP contribution in [0.2, 0.25) is 0 Å². The monoisotopic (exact) mass is 459 g/mol. The van der Waals surface area contributed by atoms with E-state index in [0.717, 1.165) is 22.4 Å². The first kappa shape index (κ1) is 22.6. The van der Waals surface area contributed by atoms with Crippen molar-refractivity contribution in [3.63, 3.8) is 0 Å². The highest BCUT2D eigenvalue weighted by Gasteiger charge is 2.15. The van der Waals surface area contributed by atoms with Gasteiger partial charge in [0.2, 0.25) is 0 Å². The third kappa shape index (κ3) is 5.26. The Morgan fingerprint density at radius 1 is 1.03 bits per heavy atom. The first-order chi connectivity index (χ1) is 15.9. The molecule has 0 atom stereocenters. The van der Waals surface area contributed by atoms with Crippen molar-refractivity contribution in [3.05, 3.63) is 101 Å². The molecule has 0 bridgehead atoms. The molecule has 33 heavy (non-hydrogen) atoms. The van der Waals surface area contributed by atoms with Gasteiger partial charge in [-0.25, -0.2) is 4.98 Å². The lowest BCUT2D eigenvalue weighted by Crippen LogP contribution is -2.22. The summed E-state index contributed by atoms with van der Waals surface area (Å²) in [6.45, 7) is 6.35.